The van der Waals surface area contributed by atoms with Crippen LogP contribution in [0, 0.1) is 0 Å². The minimum Gasteiger partial charge on any atom is -0.496 e. The molecule has 2 rings (SSSR count). The molecule has 0 amide bonds. The first-order valence-corrected chi connectivity index (χ1v) is 9.05. The molecule has 0 aliphatic carbocycles. The van der Waals surface area contributed by atoms with Crippen molar-refractivity contribution in [3.05, 3.63) is 53.6 Å². The molecule has 0 aliphatic heterocycles. The van der Waals surface area contributed by atoms with Gasteiger partial charge in [-0.2, -0.15) is 0 Å². The van der Waals surface area contributed by atoms with E-state index in [0.717, 1.165) is 11.3 Å². The summed E-state index contributed by atoms with van der Waals surface area (Å²) in [7, 11) is 1.53. The second-order valence-corrected chi connectivity index (χ2v) is 5.56. The van der Waals surface area contributed by atoms with E-state index in [-0.39, 0.29) is 5.78 Å². The monoisotopic (exact) mass is 370 g/mol. The molecule has 144 valence electrons. The molecule has 5 heteroatoms. The van der Waals surface area contributed by atoms with Gasteiger partial charge in [-0.25, -0.2) is 0 Å². The molecule has 0 saturated heterocycles. The van der Waals surface area contributed by atoms with Crippen molar-refractivity contribution in [2.75, 3.05) is 26.9 Å². The highest BCUT2D eigenvalue weighted by Gasteiger charge is 2.12. The zero-order valence-electron chi connectivity index (χ0n) is 16.3. The highest BCUT2D eigenvalue weighted by Crippen LogP contribution is 2.28. The number of carbonyl (C=O) groups is 1. The lowest BCUT2D eigenvalue weighted by atomic mass is 10.1. The van der Waals surface area contributed by atoms with Crippen LogP contribution in [0.3, 0.4) is 0 Å². The van der Waals surface area contributed by atoms with Gasteiger partial charge in [0.05, 0.1) is 32.5 Å². The third-order valence-corrected chi connectivity index (χ3v) is 3.76. The molecule has 2 aromatic rings. The summed E-state index contributed by atoms with van der Waals surface area (Å²) >= 11 is 0. The van der Waals surface area contributed by atoms with Crippen molar-refractivity contribution >= 4 is 11.9 Å². The van der Waals surface area contributed by atoms with E-state index in [1.165, 1.54) is 13.2 Å². The van der Waals surface area contributed by atoms with Crippen LogP contribution < -0.4 is 18.9 Å². The Hall–Kier alpha value is -2.95. The highest BCUT2D eigenvalue weighted by molar-refractivity contribution is 6.08. The lowest BCUT2D eigenvalue weighted by molar-refractivity contribution is 0.104. The topological polar surface area (TPSA) is 54.0 Å². The van der Waals surface area contributed by atoms with Crippen molar-refractivity contribution in [1.82, 2.24) is 0 Å². The van der Waals surface area contributed by atoms with Gasteiger partial charge < -0.3 is 18.9 Å². The SMILES string of the molecule is CCOc1ccc(C=CC(=O)c2ccc(OCC)cc2OC)c(OCC)c1. The van der Waals surface area contributed by atoms with Crippen LogP contribution in [0.4, 0.5) is 0 Å². The number of hydrogen-bond acceptors (Lipinski definition) is 5. The third-order valence-electron chi connectivity index (χ3n) is 3.76. The smallest absolute Gasteiger partial charge is 0.189 e. The molecule has 2 aromatic carbocycles. The van der Waals surface area contributed by atoms with E-state index in [9.17, 15) is 4.79 Å². The van der Waals surface area contributed by atoms with Gasteiger partial charge in [0.15, 0.2) is 5.78 Å². The molecule has 0 aliphatic rings. The van der Waals surface area contributed by atoms with Crippen LogP contribution in [-0.4, -0.2) is 32.7 Å². The molecule has 0 unspecified atom stereocenters. The van der Waals surface area contributed by atoms with Gasteiger partial charge in [-0.3, -0.25) is 4.79 Å². The van der Waals surface area contributed by atoms with Gasteiger partial charge in [0, 0.05) is 17.7 Å². The quantitative estimate of drug-likeness (QED) is 0.445. The first-order chi connectivity index (χ1) is 13.1. The zero-order valence-corrected chi connectivity index (χ0v) is 16.3. The van der Waals surface area contributed by atoms with Crippen LogP contribution in [0.5, 0.6) is 23.0 Å². The number of ether oxygens (including phenoxy) is 4. The summed E-state index contributed by atoms with van der Waals surface area (Å²) in [5, 5.41) is 0. The van der Waals surface area contributed by atoms with E-state index in [4.69, 9.17) is 18.9 Å². The fourth-order valence-corrected chi connectivity index (χ4v) is 2.58. The van der Waals surface area contributed by atoms with E-state index >= 15 is 0 Å². The summed E-state index contributed by atoms with van der Waals surface area (Å²) in [6.45, 7) is 7.40. The normalized spacial score (nSPS) is 10.7. The lowest BCUT2D eigenvalue weighted by Crippen LogP contribution is -2.01. The Morgan fingerprint density at radius 3 is 2.04 bits per heavy atom. The fourth-order valence-electron chi connectivity index (χ4n) is 2.58. The summed E-state index contributed by atoms with van der Waals surface area (Å²) in [5.74, 6) is 2.39. The third kappa shape index (κ3) is 5.51. The average Bonchev–Trinajstić information content (AvgIpc) is 2.68. The van der Waals surface area contributed by atoms with Crippen LogP contribution in [0.1, 0.15) is 36.7 Å². The number of rotatable bonds is 10. The average molecular weight is 370 g/mol. The molecule has 0 heterocycles. The van der Waals surface area contributed by atoms with Gasteiger partial charge >= 0.3 is 0 Å². The molecule has 0 spiro atoms. The van der Waals surface area contributed by atoms with Gasteiger partial charge in [-0.1, -0.05) is 0 Å². The van der Waals surface area contributed by atoms with Crippen molar-refractivity contribution in [3.8, 4) is 23.0 Å². The first kappa shape index (κ1) is 20.4. The molecule has 0 bridgehead atoms. The van der Waals surface area contributed by atoms with Gasteiger partial charge in [0.1, 0.15) is 23.0 Å². The first-order valence-electron chi connectivity index (χ1n) is 9.05. The minimum absolute atomic E-state index is 0.161. The summed E-state index contributed by atoms with van der Waals surface area (Å²) in [6.07, 6.45) is 3.25. The molecular weight excluding hydrogens is 344 g/mol. The van der Waals surface area contributed by atoms with E-state index in [2.05, 4.69) is 0 Å². The molecule has 0 aromatic heterocycles. The van der Waals surface area contributed by atoms with Crippen molar-refractivity contribution < 1.29 is 23.7 Å². The Morgan fingerprint density at radius 2 is 1.44 bits per heavy atom. The summed E-state index contributed by atoms with van der Waals surface area (Å²) in [5.41, 5.74) is 1.28. The van der Waals surface area contributed by atoms with Crippen molar-refractivity contribution in [1.29, 1.82) is 0 Å². The van der Waals surface area contributed by atoms with E-state index in [0.29, 0.717) is 42.6 Å². The Labute approximate surface area is 160 Å². The van der Waals surface area contributed by atoms with Crippen molar-refractivity contribution in [2.45, 2.75) is 20.8 Å². The number of ketones is 1. The fraction of sp³-hybridized carbons (Fsp3) is 0.318. The Balaban J connectivity index is 2.25. The van der Waals surface area contributed by atoms with E-state index < -0.39 is 0 Å². The standard InChI is InChI=1S/C22H26O5/c1-5-25-17-10-8-16(21(14-17)27-7-3)9-13-20(23)19-12-11-18(26-6-2)15-22(19)24-4/h8-15H,5-7H2,1-4H3. The maximum Gasteiger partial charge on any atom is 0.189 e. The molecule has 0 atom stereocenters. The van der Waals surface area contributed by atoms with Gasteiger partial charge in [-0.05, 0) is 57.2 Å². The summed E-state index contributed by atoms with van der Waals surface area (Å²) < 4.78 is 22.0. The largest absolute Gasteiger partial charge is 0.496 e. The van der Waals surface area contributed by atoms with Gasteiger partial charge in [-0.15, -0.1) is 0 Å². The minimum atomic E-state index is -0.161. The number of hydrogen-bond donors (Lipinski definition) is 0. The van der Waals surface area contributed by atoms with E-state index in [1.54, 1.807) is 24.3 Å². The van der Waals surface area contributed by atoms with Gasteiger partial charge in [0.25, 0.3) is 0 Å². The Bertz CT molecular complexity index is 795. The molecule has 0 radical (unpaired) electrons. The maximum atomic E-state index is 12.6. The molecular formula is C22H26O5. The number of methoxy groups -OCH3 is 1. The molecule has 5 nitrogen and oxygen atoms in total. The maximum absolute atomic E-state index is 12.6. The predicted octanol–water partition coefficient (Wildman–Crippen LogP) is 4.79. The summed E-state index contributed by atoms with van der Waals surface area (Å²) in [6, 6.07) is 10.7. The number of carbonyl (C=O) groups excluding carboxylic acids is 1. The Morgan fingerprint density at radius 1 is 0.852 bits per heavy atom. The van der Waals surface area contributed by atoms with Crippen molar-refractivity contribution in [2.24, 2.45) is 0 Å². The van der Waals surface area contributed by atoms with Crippen LogP contribution in [0.2, 0.25) is 0 Å². The number of benzene rings is 2. The van der Waals surface area contributed by atoms with Crippen LogP contribution in [0.15, 0.2) is 42.5 Å². The van der Waals surface area contributed by atoms with Crippen LogP contribution in [0.25, 0.3) is 6.08 Å². The van der Waals surface area contributed by atoms with Crippen LogP contribution in [-0.2, 0) is 0 Å². The summed E-state index contributed by atoms with van der Waals surface area (Å²) in [4.78, 5) is 12.6. The zero-order chi connectivity index (χ0) is 19.6. The lowest BCUT2D eigenvalue weighted by Gasteiger charge is -2.11. The van der Waals surface area contributed by atoms with Gasteiger partial charge in [0.2, 0.25) is 0 Å². The Kier molecular flexibility index (Phi) is 7.74. The number of allylic oxidation sites excluding steroid dienone is 1. The highest BCUT2D eigenvalue weighted by atomic mass is 16.5. The van der Waals surface area contributed by atoms with Crippen LogP contribution >= 0.6 is 0 Å². The second-order valence-electron chi connectivity index (χ2n) is 5.56. The molecule has 0 fully saturated rings. The predicted molar refractivity (Wildman–Crippen MR) is 106 cm³/mol. The molecule has 0 saturated carbocycles. The van der Waals surface area contributed by atoms with Crippen molar-refractivity contribution in [3.63, 3.8) is 0 Å². The molecule has 27 heavy (non-hydrogen) atoms. The molecule has 0 N–H and O–H groups in total. The second kappa shape index (κ2) is 10.3. The van der Waals surface area contributed by atoms with E-state index in [1.807, 2.05) is 39.0 Å².